The fraction of sp³-hybridized carbons (Fsp3) is 0.0476. The van der Waals surface area contributed by atoms with Crippen LogP contribution in [0.1, 0.15) is 17.9 Å². The lowest BCUT2D eigenvalue weighted by Crippen LogP contribution is -1.97. The minimum atomic E-state index is 0.258. The summed E-state index contributed by atoms with van der Waals surface area (Å²) in [6.45, 7) is 0. The zero-order chi connectivity index (χ0) is 28.8. The Balaban J connectivity index is 1.35. The first-order chi connectivity index (χ1) is 21.8. The number of fused-ring (bicyclic) bond motifs is 13. The molecule has 1 aliphatic carbocycles. The number of rotatable bonds is 2. The molecule has 206 valence electrons. The average Bonchev–Trinajstić information content (AvgIpc) is 3.67. The van der Waals surface area contributed by atoms with Crippen LogP contribution in [-0.2, 0) is 0 Å². The van der Waals surface area contributed by atoms with Gasteiger partial charge >= 0.3 is 0 Å². The summed E-state index contributed by atoms with van der Waals surface area (Å²) >= 11 is 1.89. The molecule has 0 bridgehead atoms. The Bertz CT molecular complexity index is 2660. The van der Waals surface area contributed by atoms with Crippen molar-refractivity contribution in [2.75, 3.05) is 0 Å². The molecule has 2 aromatic heterocycles. The molecule has 0 aliphatic heterocycles. The summed E-state index contributed by atoms with van der Waals surface area (Å²) in [7, 11) is 0. The lowest BCUT2D eigenvalue weighted by molar-refractivity contribution is 0.661. The van der Waals surface area contributed by atoms with Crippen LogP contribution in [0.4, 0.5) is 0 Å². The molecule has 0 radical (unpaired) electrons. The summed E-state index contributed by atoms with van der Waals surface area (Å²) in [4.78, 5) is 0. The van der Waals surface area contributed by atoms with Gasteiger partial charge in [-0.3, -0.25) is 0 Å². The van der Waals surface area contributed by atoms with E-state index in [1.807, 2.05) is 11.3 Å². The monoisotopic (exact) mass is 578 g/mol. The van der Waals surface area contributed by atoms with Gasteiger partial charge in [0.1, 0.15) is 11.2 Å². The van der Waals surface area contributed by atoms with Gasteiger partial charge in [0.2, 0.25) is 0 Å². The second-order valence-electron chi connectivity index (χ2n) is 11.9. The van der Waals surface area contributed by atoms with Gasteiger partial charge in [0.05, 0.1) is 0 Å². The van der Waals surface area contributed by atoms with E-state index >= 15 is 0 Å². The van der Waals surface area contributed by atoms with Crippen LogP contribution in [-0.4, -0.2) is 0 Å². The van der Waals surface area contributed by atoms with E-state index in [0.717, 1.165) is 17.6 Å². The van der Waals surface area contributed by atoms with E-state index in [-0.39, 0.29) is 5.92 Å². The maximum Gasteiger partial charge on any atom is 0.143 e. The molecule has 0 amide bonds. The SMILES string of the molecule is C1=CCC(c2cc(-c3cccc4c3sc3ccccc34)cc3c2oc2c3ccc3c4ccccc4c4ccccc4c32)C=C1. The molecule has 2 heterocycles. The summed E-state index contributed by atoms with van der Waals surface area (Å²) in [6.07, 6.45) is 9.89. The molecule has 2 heteroatoms. The van der Waals surface area contributed by atoms with E-state index in [0.29, 0.717) is 0 Å². The molecule has 0 spiro atoms. The Kier molecular flexibility index (Phi) is 5.05. The van der Waals surface area contributed by atoms with Gasteiger partial charge in [-0.25, -0.2) is 0 Å². The van der Waals surface area contributed by atoms with E-state index in [1.165, 1.54) is 80.0 Å². The normalized spacial score (nSPS) is 15.2. The topological polar surface area (TPSA) is 13.1 Å². The maximum atomic E-state index is 7.08. The van der Waals surface area contributed by atoms with Crippen molar-refractivity contribution in [3.8, 4) is 11.1 Å². The highest BCUT2D eigenvalue weighted by atomic mass is 32.1. The van der Waals surface area contributed by atoms with Crippen molar-refractivity contribution in [1.82, 2.24) is 0 Å². The molecule has 0 fully saturated rings. The van der Waals surface area contributed by atoms with E-state index in [9.17, 15) is 0 Å². The fourth-order valence-corrected chi connectivity index (χ4v) is 8.80. The lowest BCUT2D eigenvalue weighted by atomic mass is 9.88. The Morgan fingerprint density at radius 1 is 0.545 bits per heavy atom. The van der Waals surface area contributed by atoms with Crippen molar-refractivity contribution >= 4 is 85.8 Å². The third-order valence-corrected chi connectivity index (χ3v) is 10.8. The standard InChI is InChI=1S/C42H26OS/c1-2-11-25(12-3-1)36-23-26(27-18-10-19-35-31-16-8-9-20-38(31)44-42(27)35)24-37-34-22-21-33-30-15-5-4-13-28(30)29-14-6-7-17-32(29)39(33)41(34)43-40(36)37/h1-11,13-25H,12H2. The van der Waals surface area contributed by atoms with Crippen molar-refractivity contribution < 1.29 is 4.42 Å². The molecule has 1 aliphatic rings. The Hall–Kier alpha value is -5.18. The van der Waals surface area contributed by atoms with Crippen LogP contribution in [0.2, 0.25) is 0 Å². The molecule has 7 aromatic carbocycles. The molecular weight excluding hydrogens is 553 g/mol. The van der Waals surface area contributed by atoms with Crippen molar-refractivity contribution in [2.24, 2.45) is 0 Å². The molecule has 0 saturated carbocycles. The minimum Gasteiger partial charge on any atom is -0.455 e. The van der Waals surface area contributed by atoms with E-state index in [1.54, 1.807) is 0 Å². The zero-order valence-electron chi connectivity index (χ0n) is 23.9. The van der Waals surface area contributed by atoms with Gasteiger partial charge in [-0.05, 0) is 68.7 Å². The van der Waals surface area contributed by atoms with Crippen LogP contribution in [0.5, 0.6) is 0 Å². The van der Waals surface area contributed by atoms with Gasteiger partial charge in [0, 0.05) is 47.8 Å². The van der Waals surface area contributed by atoms with Crippen LogP contribution >= 0.6 is 11.3 Å². The Labute approximate surface area is 257 Å². The third kappa shape index (κ3) is 3.35. The Morgan fingerprint density at radius 3 is 2.02 bits per heavy atom. The number of furan rings is 1. The van der Waals surface area contributed by atoms with Crippen LogP contribution < -0.4 is 0 Å². The van der Waals surface area contributed by atoms with E-state index in [4.69, 9.17) is 4.42 Å². The summed E-state index contributed by atoms with van der Waals surface area (Å²) in [5, 5.41) is 12.5. The third-order valence-electron chi connectivity index (χ3n) is 9.57. The zero-order valence-corrected chi connectivity index (χ0v) is 24.7. The molecule has 10 rings (SSSR count). The van der Waals surface area contributed by atoms with Crippen molar-refractivity contribution in [2.45, 2.75) is 12.3 Å². The first-order valence-corrected chi connectivity index (χ1v) is 16.1. The molecule has 1 nitrogen and oxygen atoms in total. The van der Waals surface area contributed by atoms with Crippen molar-refractivity contribution in [1.29, 1.82) is 0 Å². The maximum absolute atomic E-state index is 7.08. The van der Waals surface area contributed by atoms with Gasteiger partial charge < -0.3 is 4.42 Å². The number of thiophene rings is 1. The average molecular weight is 579 g/mol. The fourth-order valence-electron chi connectivity index (χ4n) is 7.57. The predicted molar refractivity (Wildman–Crippen MR) is 190 cm³/mol. The molecule has 44 heavy (non-hydrogen) atoms. The predicted octanol–water partition coefficient (Wildman–Crippen LogP) is 12.7. The van der Waals surface area contributed by atoms with Gasteiger partial charge in [0.15, 0.2) is 0 Å². The molecular formula is C42H26OS. The van der Waals surface area contributed by atoms with Crippen LogP contribution in [0.25, 0.3) is 85.6 Å². The summed E-state index contributed by atoms with van der Waals surface area (Å²) < 4.78 is 9.75. The van der Waals surface area contributed by atoms with Gasteiger partial charge in [-0.15, -0.1) is 11.3 Å². The summed E-state index contributed by atoms with van der Waals surface area (Å²) in [6, 6.07) is 42.4. The number of allylic oxidation sites excluding steroid dienone is 4. The van der Waals surface area contributed by atoms with E-state index < -0.39 is 0 Å². The van der Waals surface area contributed by atoms with Crippen molar-refractivity contribution in [3.05, 3.63) is 145 Å². The molecule has 0 saturated heterocycles. The second kappa shape index (κ2) is 9.16. The van der Waals surface area contributed by atoms with Crippen LogP contribution in [0, 0.1) is 0 Å². The highest BCUT2D eigenvalue weighted by Gasteiger charge is 2.22. The minimum absolute atomic E-state index is 0.258. The lowest BCUT2D eigenvalue weighted by Gasteiger charge is -2.16. The summed E-state index contributed by atoms with van der Waals surface area (Å²) in [5.74, 6) is 0.258. The van der Waals surface area contributed by atoms with Gasteiger partial charge in [0.25, 0.3) is 0 Å². The second-order valence-corrected chi connectivity index (χ2v) is 13.0. The number of hydrogen-bond donors (Lipinski definition) is 0. The first kappa shape index (κ1) is 24.3. The molecule has 9 aromatic rings. The molecule has 1 unspecified atom stereocenters. The highest BCUT2D eigenvalue weighted by Crippen LogP contribution is 2.47. The van der Waals surface area contributed by atoms with Crippen LogP contribution in [0.15, 0.2) is 144 Å². The van der Waals surface area contributed by atoms with Gasteiger partial charge in [-0.1, -0.05) is 115 Å². The smallest absolute Gasteiger partial charge is 0.143 e. The molecule has 1 atom stereocenters. The molecule has 0 N–H and O–H groups in total. The van der Waals surface area contributed by atoms with E-state index in [2.05, 4.69) is 140 Å². The number of hydrogen-bond acceptors (Lipinski definition) is 2. The highest BCUT2D eigenvalue weighted by molar-refractivity contribution is 7.26. The van der Waals surface area contributed by atoms with Gasteiger partial charge in [-0.2, -0.15) is 0 Å². The number of benzene rings is 7. The summed E-state index contributed by atoms with van der Waals surface area (Å²) in [5.41, 5.74) is 5.77. The first-order valence-electron chi connectivity index (χ1n) is 15.3. The largest absolute Gasteiger partial charge is 0.455 e. The Morgan fingerprint density at radius 2 is 1.23 bits per heavy atom. The van der Waals surface area contributed by atoms with Crippen LogP contribution in [0.3, 0.4) is 0 Å². The quantitative estimate of drug-likeness (QED) is 0.186. The van der Waals surface area contributed by atoms with Crippen molar-refractivity contribution in [3.63, 3.8) is 0 Å².